The third-order valence-electron chi connectivity index (χ3n) is 2.93. The molecule has 1 amide bonds. The summed E-state index contributed by atoms with van der Waals surface area (Å²) in [6.45, 7) is 6.49. The average Bonchev–Trinajstić information content (AvgIpc) is 2.49. The summed E-state index contributed by atoms with van der Waals surface area (Å²) < 4.78 is 36.7. The van der Waals surface area contributed by atoms with Crippen molar-refractivity contribution >= 4 is 22.1 Å². The molecule has 25 heavy (non-hydrogen) atoms. The Bertz CT molecular complexity index is 724. The Morgan fingerprint density at radius 3 is 2.40 bits per heavy atom. The number of alkyl carbamates (subject to hydrolysis) is 1. The highest BCUT2D eigenvalue weighted by molar-refractivity contribution is 7.89. The van der Waals surface area contributed by atoms with Gasteiger partial charge in [-0.15, -0.1) is 0 Å². The van der Waals surface area contributed by atoms with Gasteiger partial charge in [0, 0.05) is 6.54 Å². The number of ether oxygens (including phenoxy) is 2. The van der Waals surface area contributed by atoms with Gasteiger partial charge in [0.15, 0.2) is 0 Å². The minimum atomic E-state index is -3.96. The minimum Gasteiger partial charge on any atom is -0.468 e. The van der Waals surface area contributed by atoms with Crippen LogP contribution >= 0.6 is 0 Å². The van der Waals surface area contributed by atoms with Crippen molar-refractivity contribution in [1.29, 1.82) is 0 Å². The van der Waals surface area contributed by atoms with E-state index in [9.17, 15) is 18.0 Å². The molecule has 0 saturated heterocycles. The van der Waals surface area contributed by atoms with Gasteiger partial charge >= 0.3 is 12.1 Å². The van der Waals surface area contributed by atoms with Gasteiger partial charge in [-0.3, -0.25) is 4.79 Å². The van der Waals surface area contributed by atoms with Crippen LogP contribution < -0.4 is 10.0 Å². The molecule has 0 saturated carbocycles. The summed E-state index contributed by atoms with van der Waals surface area (Å²) in [7, 11) is -2.83. The van der Waals surface area contributed by atoms with E-state index in [1.165, 1.54) is 12.1 Å². The van der Waals surface area contributed by atoms with E-state index in [1.54, 1.807) is 39.8 Å². The number of amides is 1. The van der Waals surface area contributed by atoms with Gasteiger partial charge < -0.3 is 14.8 Å². The maximum Gasteiger partial charge on any atom is 0.407 e. The first-order valence-corrected chi connectivity index (χ1v) is 9.06. The van der Waals surface area contributed by atoms with Crippen LogP contribution in [-0.2, 0) is 24.3 Å². The lowest BCUT2D eigenvalue weighted by atomic mass is 10.2. The average molecular weight is 372 g/mol. The second kappa shape index (κ2) is 8.30. The quantitative estimate of drug-likeness (QED) is 0.729. The van der Waals surface area contributed by atoms with Gasteiger partial charge in [0.1, 0.15) is 11.6 Å². The Labute approximate surface area is 147 Å². The number of esters is 1. The SMILES string of the molecule is COC(=O)[C@H](CNC(=O)OC(C)(C)C)NS(=O)(=O)c1cccc(C)c1. The highest BCUT2D eigenvalue weighted by Crippen LogP contribution is 2.12. The Morgan fingerprint density at radius 1 is 1.24 bits per heavy atom. The molecule has 8 nitrogen and oxygen atoms in total. The van der Waals surface area contributed by atoms with Gasteiger partial charge in [-0.1, -0.05) is 12.1 Å². The Morgan fingerprint density at radius 2 is 1.88 bits per heavy atom. The van der Waals surface area contributed by atoms with E-state index in [-0.39, 0.29) is 11.4 Å². The maximum atomic E-state index is 12.4. The van der Waals surface area contributed by atoms with Crippen LogP contribution in [0, 0.1) is 6.92 Å². The number of rotatable bonds is 6. The number of benzene rings is 1. The molecule has 0 heterocycles. The molecule has 1 aromatic rings. The van der Waals surface area contributed by atoms with Crippen LogP contribution in [0.4, 0.5) is 4.79 Å². The summed E-state index contributed by atoms with van der Waals surface area (Å²) in [5, 5.41) is 2.35. The molecule has 1 aromatic carbocycles. The fourth-order valence-electron chi connectivity index (χ4n) is 1.85. The second-order valence-corrected chi connectivity index (χ2v) is 8.11. The summed E-state index contributed by atoms with van der Waals surface area (Å²) in [5.41, 5.74) is 0.0377. The van der Waals surface area contributed by atoms with Crippen LogP contribution in [0.1, 0.15) is 26.3 Å². The number of aryl methyl sites for hydroxylation is 1. The van der Waals surface area contributed by atoms with Crippen molar-refractivity contribution in [3.8, 4) is 0 Å². The van der Waals surface area contributed by atoms with Crippen molar-refractivity contribution in [2.75, 3.05) is 13.7 Å². The molecule has 0 spiro atoms. The Kier molecular flexibility index (Phi) is 6.95. The van der Waals surface area contributed by atoms with Crippen molar-refractivity contribution in [2.24, 2.45) is 0 Å². The Balaban J connectivity index is 2.86. The lowest BCUT2D eigenvalue weighted by molar-refractivity contribution is -0.142. The molecule has 0 aliphatic heterocycles. The molecule has 0 aliphatic rings. The summed E-state index contributed by atoms with van der Waals surface area (Å²) in [6.07, 6.45) is -0.767. The maximum absolute atomic E-state index is 12.4. The van der Waals surface area contributed by atoms with Gasteiger partial charge in [0.2, 0.25) is 10.0 Å². The standard InChI is InChI=1S/C16H24N2O6S/c1-11-7-6-8-12(9-11)25(21,22)18-13(14(19)23-5)10-17-15(20)24-16(2,3)4/h6-9,13,18H,10H2,1-5H3,(H,17,20)/t13-/m0/s1. The molecule has 0 aromatic heterocycles. The smallest absolute Gasteiger partial charge is 0.407 e. The Hall–Kier alpha value is -2.13. The molecule has 140 valence electrons. The zero-order valence-corrected chi connectivity index (χ0v) is 15.8. The van der Waals surface area contributed by atoms with Crippen molar-refractivity contribution < 1.29 is 27.5 Å². The highest BCUT2D eigenvalue weighted by atomic mass is 32.2. The molecular weight excluding hydrogens is 348 g/mol. The van der Waals surface area contributed by atoms with Crippen molar-refractivity contribution in [2.45, 2.75) is 44.2 Å². The molecule has 2 N–H and O–H groups in total. The van der Waals surface area contributed by atoms with E-state index in [4.69, 9.17) is 4.74 Å². The van der Waals surface area contributed by atoms with Crippen LogP contribution in [-0.4, -0.2) is 45.8 Å². The van der Waals surface area contributed by atoms with Gasteiger partial charge in [-0.25, -0.2) is 13.2 Å². The van der Waals surface area contributed by atoms with Crippen molar-refractivity contribution in [3.63, 3.8) is 0 Å². The molecule has 1 rings (SSSR count). The fraction of sp³-hybridized carbons (Fsp3) is 0.500. The molecule has 9 heteroatoms. The summed E-state index contributed by atoms with van der Waals surface area (Å²) >= 11 is 0. The number of sulfonamides is 1. The largest absolute Gasteiger partial charge is 0.468 e. The van der Waals surface area contributed by atoms with Crippen molar-refractivity contribution in [1.82, 2.24) is 10.0 Å². The molecule has 0 unspecified atom stereocenters. The van der Waals surface area contributed by atoms with Crippen LogP contribution in [0.15, 0.2) is 29.2 Å². The van der Waals surface area contributed by atoms with Crippen LogP contribution in [0.25, 0.3) is 0 Å². The van der Waals surface area contributed by atoms with Crippen LogP contribution in [0.5, 0.6) is 0 Å². The van der Waals surface area contributed by atoms with E-state index in [0.29, 0.717) is 0 Å². The number of carbonyl (C=O) groups is 2. The van der Waals surface area contributed by atoms with Gasteiger partial charge in [-0.05, 0) is 45.4 Å². The zero-order valence-electron chi connectivity index (χ0n) is 15.0. The third-order valence-corrected chi connectivity index (χ3v) is 4.40. The van der Waals surface area contributed by atoms with Crippen LogP contribution in [0.3, 0.4) is 0 Å². The minimum absolute atomic E-state index is 0.0127. The lowest BCUT2D eigenvalue weighted by Crippen LogP contribution is -2.49. The monoisotopic (exact) mass is 372 g/mol. The molecular formula is C16H24N2O6S. The molecule has 0 bridgehead atoms. The first-order valence-electron chi connectivity index (χ1n) is 7.58. The predicted octanol–water partition coefficient (Wildman–Crippen LogP) is 1.34. The molecule has 0 radical (unpaired) electrons. The number of hydrogen-bond acceptors (Lipinski definition) is 6. The first-order chi connectivity index (χ1) is 11.4. The number of nitrogens with one attached hydrogen (secondary N) is 2. The topological polar surface area (TPSA) is 111 Å². The van der Waals surface area contributed by atoms with E-state index in [2.05, 4.69) is 14.8 Å². The second-order valence-electron chi connectivity index (χ2n) is 6.40. The van der Waals surface area contributed by atoms with E-state index in [0.717, 1.165) is 12.7 Å². The van der Waals surface area contributed by atoms with Gasteiger partial charge in [0.05, 0.1) is 12.0 Å². The lowest BCUT2D eigenvalue weighted by Gasteiger charge is -2.21. The first kappa shape index (κ1) is 20.9. The molecule has 0 fully saturated rings. The van der Waals surface area contributed by atoms with Gasteiger partial charge in [-0.2, -0.15) is 4.72 Å². The van der Waals surface area contributed by atoms with Crippen LogP contribution in [0.2, 0.25) is 0 Å². The zero-order chi connectivity index (χ0) is 19.3. The summed E-state index contributed by atoms with van der Waals surface area (Å²) in [5.74, 6) is -0.827. The number of methoxy groups -OCH3 is 1. The number of hydrogen-bond donors (Lipinski definition) is 2. The summed E-state index contributed by atoms with van der Waals surface area (Å²) in [6, 6.07) is 4.93. The van der Waals surface area contributed by atoms with Gasteiger partial charge in [0.25, 0.3) is 0 Å². The van der Waals surface area contributed by atoms with E-state index >= 15 is 0 Å². The van der Waals surface area contributed by atoms with E-state index in [1.807, 2.05) is 0 Å². The summed E-state index contributed by atoms with van der Waals surface area (Å²) in [4.78, 5) is 23.5. The predicted molar refractivity (Wildman–Crippen MR) is 91.5 cm³/mol. The highest BCUT2D eigenvalue weighted by Gasteiger charge is 2.28. The van der Waals surface area contributed by atoms with Crippen molar-refractivity contribution in [3.05, 3.63) is 29.8 Å². The number of carbonyl (C=O) groups excluding carboxylic acids is 2. The molecule has 0 aliphatic carbocycles. The third kappa shape index (κ3) is 7.10. The molecule has 1 atom stereocenters. The fourth-order valence-corrected chi connectivity index (χ4v) is 3.14. The normalized spacial score (nSPS) is 13.0. The van der Waals surface area contributed by atoms with E-state index < -0.39 is 33.7 Å².